The van der Waals surface area contributed by atoms with Gasteiger partial charge >= 0.3 is 0 Å². The van der Waals surface area contributed by atoms with Gasteiger partial charge in [-0.15, -0.1) is 10.2 Å². The Kier molecular flexibility index (Phi) is 4.15. The molecule has 4 heterocycles. The molecule has 0 N–H and O–H groups in total. The van der Waals surface area contributed by atoms with Crippen LogP contribution < -0.4 is 0 Å². The Morgan fingerprint density at radius 3 is 2.72 bits per heavy atom. The molecule has 0 unspecified atom stereocenters. The average molecular weight is 425 g/mol. The topological polar surface area (TPSA) is 74.0 Å². The van der Waals surface area contributed by atoms with E-state index in [0.717, 1.165) is 22.7 Å². The highest BCUT2D eigenvalue weighted by molar-refractivity contribution is 6.35. The summed E-state index contributed by atoms with van der Waals surface area (Å²) in [6.45, 7) is 3.72. The van der Waals surface area contributed by atoms with Gasteiger partial charge in [-0.2, -0.15) is 0 Å². The Morgan fingerprint density at radius 1 is 1.07 bits per heavy atom. The van der Waals surface area contributed by atoms with E-state index in [0.29, 0.717) is 32.9 Å². The molecule has 4 aromatic heterocycles. The summed E-state index contributed by atoms with van der Waals surface area (Å²) in [6.07, 6.45) is 3.56. The molecule has 5 aromatic rings. The van der Waals surface area contributed by atoms with E-state index >= 15 is 0 Å². The second-order valence-electron chi connectivity index (χ2n) is 6.56. The molecule has 9 heteroatoms. The first-order valence-corrected chi connectivity index (χ1v) is 9.56. The van der Waals surface area contributed by atoms with Crippen LogP contribution in [0.4, 0.5) is 0 Å². The largest absolute Gasteiger partial charge is 0.359 e. The zero-order chi connectivity index (χ0) is 20.1. The Hall–Kier alpha value is -3.16. The van der Waals surface area contributed by atoms with Crippen LogP contribution in [0.15, 0.2) is 53.4 Å². The molecule has 5 rings (SSSR count). The van der Waals surface area contributed by atoms with Crippen molar-refractivity contribution in [1.82, 2.24) is 29.3 Å². The van der Waals surface area contributed by atoms with Crippen molar-refractivity contribution in [3.05, 3.63) is 70.4 Å². The van der Waals surface area contributed by atoms with E-state index in [2.05, 4.69) is 15.4 Å². The molecule has 0 saturated carbocycles. The summed E-state index contributed by atoms with van der Waals surface area (Å²) in [6, 6.07) is 11.1. The van der Waals surface area contributed by atoms with E-state index < -0.39 is 0 Å². The van der Waals surface area contributed by atoms with E-state index in [9.17, 15) is 0 Å². The Morgan fingerprint density at radius 2 is 1.93 bits per heavy atom. The quantitative estimate of drug-likeness (QED) is 0.399. The molecule has 0 aliphatic heterocycles. The zero-order valence-electron chi connectivity index (χ0n) is 15.5. The Bertz CT molecular complexity index is 1350. The van der Waals surface area contributed by atoms with Crippen LogP contribution in [0.2, 0.25) is 10.0 Å². The van der Waals surface area contributed by atoms with E-state index in [4.69, 9.17) is 32.7 Å². The zero-order valence-corrected chi connectivity index (χ0v) is 17.0. The molecule has 0 amide bonds. The summed E-state index contributed by atoms with van der Waals surface area (Å²) in [5.74, 6) is 1.25. The van der Waals surface area contributed by atoms with Gasteiger partial charge in [0.1, 0.15) is 34.7 Å². The van der Waals surface area contributed by atoms with E-state index in [1.807, 2.05) is 47.2 Å². The van der Waals surface area contributed by atoms with E-state index in [-0.39, 0.29) is 0 Å². The molecular weight excluding hydrogens is 411 g/mol. The third kappa shape index (κ3) is 2.82. The molecule has 0 saturated heterocycles. The molecule has 29 heavy (non-hydrogen) atoms. The summed E-state index contributed by atoms with van der Waals surface area (Å²) >= 11 is 12.8. The minimum Gasteiger partial charge on any atom is -0.359 e. The number of hydrogen-bond donors (Lipinski definition) is 0. The van der Waals surface area contributed by atoms with Crippen LogP contribution >= 0.6 is 23.2 Å². The number of rotatable bonds is 3. The van der Waals surface area contributed by atoms with Crippen molar-refractivity contribution in [3.8, 4) is 28.5 Å². The maximum absolute atomic E-state index is 6.51. The van der Waals surface area contributed by atoms with Crippen molar-refractivity contribution in [3.63, 3.8) is 0 Å². The van der Waals surface area contributed by atoms with Crippen molar-refractivity contribution in [2.24, 2.45) is 0 Å². The summed E-state index contributed by atoms with van der Waals surface area (Å²) in [4.78, 5) is 4.81. The molecule has 7 nitrogen and oxygen atoms in total. The number of nitrogens with zero attached hydrogens (tertiary/aromatic N) is 6. The molecule has 0 aliphatic carbocycles. The number of hydrogen-bond acceptors (Lipinski definition) is 5. The number of fused-ring (bicyclic) bond motifs is 1. The molecule has 0 aliphatic rings. The van der Waals surface area contributed by atoms with Gasteiger partial charge in [-0.3, -0.25) is 8.97 Å². The lowest BCUT2D eigenvalue weighted by Gasteiger charge is -2.09. The lowest BCUT2D eigenvalue weighted by molar-refractivity contribution is 0.393. The van der Waals surface area contributed by atoms with Crippen molar-refractivity contribution in [2.75, 3.05) is 0 Å². The first-order chi connectivity index (χ1) is 14.0. The highest BCUT2D eigenvalue weighted by Crippen LogP contribution is 2.38. The van der Waals surface area contributed by atoms with Crippen molar-refractivity contribution in [1.29, 1.82) is 0 Å². The Balaban J connectivity index is 1.86. The molecule has 144 valence electrons. The summed E-state index contributed by atoms with van der Waals surface area (Å²) in [5, 5.41) is 13.7. The minimum atomic E-state index is 0.544. The summed E-state index contributed by atoms with van der Waals surface area (Å²) in [5.41, 5.74) is 4.39. The van der Waals surface area contributed by atoms with Crippen LogP contribution in [-0.2, 0) is 0 Å². The van der Waals surface area contributed by atoms with Crippen LogP contribution in [0.5, 0.6) is 0 Å². The Labute approximate surface area is 175 Å². The fourth-order valence-corrected chi connectivity index (χ4v) is 3.84. The van der Waals surface area contributed by atoms with Gasteiger partial charge < -0.3 is 4.52 Å². The third-order valence-electron chi connectivity index (χ3n) is 4.71. The SMILES string of the molecule is Cc1noc(C)c1-n1cnnc1-c1c(-c2cc(Cl)ccc2Cl)nc2ccccn12. The minimum absolute atomic E-state index is 0.544. The fourth-order valence-electron chi connectivity index (χ4n) is 3.46. The normalized spacial score (nSPS) is 11.4. The first-order valence-electron chi connectivity index (χ1n) is 8.80. The summed E-state index contributed by atoms with van der Waals surface area (Å²) in [7, 11) is 0. The highest BCUT2D eigenvalue weighted by Gasteiger charge is 2.24. The van der Waals surface area contributed by atoms with Crippen LogP contribution in [0.1, 0.15) is 11.5 Å². The smallest absolute Gasteiger partial charge is 0.187 e. The van der Waals surface area contributed by atoms with Crippen LogP contribution in [0, 0.1) is 13.8 Å². The summed E-state index contributed by atoms with van der Waals surface area (Å²) < 4.78 is 9.14. The van der Waals surface area contributed by atoms with Crippen LogP contribution in [-0.4, -0.2) is 29.3 Å². The maximum Gasteiger partial charge on any atom is 0.187 e. The number of pyridine rings is 1. The van der Waals surface area contributed by atoms with E-state index in [1.54, 1.807) is 24.5 Å². The van der Waals surface area contributed by atoms with Crippen molar-refractivity contribution < 1.29 is 4.52 Å². The van der Waals surface area contributed by atoms with Gasteiger partial charge in [0.05, 0.1) is 5.02 Å². The monoisotopic (exact) mass is 424 g/mol. The van der Waals surface area contributed by atoms with Crippen LogP contribution in [0.3, 0.4) is 0 Å². The molecule has 0 radical (unpaired) electrons. The molecule has 0 bridgehead atoms. The van der Waals surface area contributed by atoms with Gasteiger partial charge in [-0.25, -0.2) is 4.98 Å². The van der Waals surface area contributed by atoms with Crippen molar-refractivity contribution in [2.45, 2.75) is 13.8 Å². The van der Waals surface area contributed by atoms with Gasteiger partial charge in [-0.1, -0.05) is 34.4 Å². The second-order valence-corrected chi connectivity index (χ2v) is 7.40. The lowest BCUT2D eigenvalue weighted by atomic mass is 10.1. The number of imidazole rings is 1. The van der Waals surface area contributed by atoms with Gasteiger partial charge in [0.15, 0.2) is 11.6 Å². The van der Waals surface area contributed by atoms with Gasteiger partial charge in [-0.05, 0) is 44.2 Å². The van der Waals surface area contributed by atoms with Crippen LogP contribution in [0.25, 0.3) is 34.1 Å². The van der Waals surface area contributed by atoms with Gasteiger partial charge in [0, 0.05) is 16.8 Å². The van der Waals surface area contributed by atoms with Gasteiger partial charge in [0.2, 0.25) is 0 Å². The second kappa shape index (κ2) is 6.72. The van der Waals surface area contributed by atoms with E-state index in [1.165, 1.54) is 0 Å². The molecular formula is C20H14Cl2N6O. The van der Waals surface area contributed by atoms with Gasteiger partial charge in [0.25, 0.3) is 0 Å². The number of benzene rings is 1. The molecule has 0 atom stereocenters. The first kappa shape index (κ1) is 17.9. The number of aromatic nitrogens is 6. The predicted octanol–water partition coefficient (Wildman–Crippen LogP) is 5.16. The molecule has 1 aromatic carbocycles. The maximum atomic E-state index is 6.51. The lowest BCUT2D eigenvalue weighted by Crippen LogP contribution is -2.02. The molecule has 0 fully saturated rings. The average Bonchev–Trinajstić information content (AvgIpc) is 3.40. The standard InChI is InChI=1S/C20H14Cl2N6O/c1-11-18(12(2)29-26-11)28-10-23-25-20(28)19-17(14-9-13(21)6-7-15(14)22)24-16-5-3-4-8-27(16)19/h3-10H,1-2H3. The van der Waals surface area contributed by atoms with Crippen molar-refractivity contribution >= 4 is 28.8 Å². The number of halogens is 2. The fraction of sp³-hybridized carbons (Fsp3) is 0.100. The molecule has 0 spiro atoms. The predicted molar refractivity (Wildman–Crippen MR) is 111 cm³/mol. The third-order valence-corrected chi connectivity index (χ3v) is 5.27. The number of aryl methyl sites for hydroxylation is 2. The highest BCUT2D eigenvalue weighted by atomic mass is 35.5.